The number of hydrogen-bond donors (Lipinski definition) is 0. The SMILES string of the molecule is Cc1ccc(-c2ccnc(C(F)(F)F)c2)cc1-c1ccnc(Cl)c1. The second-order valence-corrected chi connectivity index (χ2v) is 5.71. The molecule has 0 aliphatic rings. The molecule has 2 heterocycles. The number of pyridine rings is 2. The van der Waals surface area contributed by atoms with Crippen molar-refractivity contribution < 1.29 is 13.2 Å². The summed E-state index contributed by atoms with van der Waals surface area (Å²) in [5, 5.41) is 0.362. The van der Waals surface area contributed by atoms with E-state index in [1.165, 1.54) is 6.20 Å². The Balaban J connectivity index is 2.09. The summed E-state index contributed by atoms with van der Waals surface area (Å²) < 4.78 is 38.6. The van der Waals surface area contributed by atoms with Crippen LogP contribution in [0.25, 0.3) is 22.3 Å². The highest BCUT2D eigenvalue weighted by Gasteiger charge is 2.32. The standard InChI is InChI=1S/C18H12ClF3N2/c1-11-2-3-12(8-15(11)14-5-7-24-17(19)10-14)13-4-6-23-16(9-13)18(20,21)22/h2-10H,1H3. The number of rotatable bonds is 2. The zero-order valence-electron chi connectivity index (χ0n) is 12.6. The summed E-state index contributed by atoms with van der Waals surface area (Å²) in [4.78, 5) is 7.34. The summed E-state index contributed by atoms with van der Waals surface area (Å²) in [7, 11) is 0. The van der Waals surface area contributed by atoms with Gasteiger partial charge in [-0.2, -0.15) is 13.2 Å². The maximum Gasteiger partial charge on any atom is 0.433 e. The predicted octanol–water partition coefficient (Wildman–Crippen LogP) is 5.79. The highest BCUT2D eigenvalue weighted by Crippen LogP contribution is 2.33. The number of nitrogens with zero attached hydrogens (tertiary/aromatic N) is 2. The van der Waals surface area contributed by atoms with Crippen LogP contribution in [-0.2, 0) is 6.18 Å². The highest BCUT2D eigenvalue weighted by molar-refractivity contribution is 6.29. The zero-order chi connectivity index (χ0) is 17.3. The monoisotopic (exact) mass is 348 g/mol. The van der Waals surface area contributed by atoms with Gasteiger partial charge in [-0.3, -0.25) is 4.98 Å². The molecule has 0 aliphatic carbocycles. The summed E-state index contributed by atoms with van der Waals surface area (Å²) in [6.07, 6.45) is -1.71. The molecule has 6 heteroatoms. The Labute approximate surface area is 142 Å². The Morgan fingerprint density at radius 1 is 0.833 bits per heavy atom. The van der Waals surface area contributed by atoms with Crippen molar-refractivity contribution in [3.63, 3.8) is 0 Å². The lowest BCUT2D eigenvalue weighted by atomic mass is 9.96. The third-order valence-corrected chi connectivity index (χ3v) is 3.87. The fourth-order valence-corrected chi connectivity index (χ4v) is 2.62. The van der Waals surface area contributed by atoms with E-state index in [9.17, 15) is 13.2 Å². The average Bonchev–Trinajstić information content (AvgIpc) is 2.54. The van der Waals surface area contributed by atoms with Crippen molar-refractivity contribution in [2.75, 3.05) is 0 Å². The van der Waals surface area contributed by atoms with Crippen molar-refractivity contribution in [3.8, 4) is 22.3 Å². The van der Waals surface area contributed by atoms with E-state index in [-0.39, 0.29) is 0 Å². The van der Waals surface area contributed by atoms with E-state index in [1.807, 2.05) is 25.1 Å². The quantitative estimate of drug-likeness (QED) is 0.548. The molecule has 0 spiro atoms. The van der Waals surface area contributed by atoms with E-state index >= 15 is 0 Å². The lowest BCUT2D eigenvalue weighted by Crippen LogP contribution is -2.07. The van der Waals surface area contributed by atoms with Gasteiger partial charge in [0.15, 0.2) is 0 Å². The summed E-state index contributed by atoms with van der Waals surface area (Å²) >= 11 is 5.93. The first kappa shape index (κ1) is 16.5. The summed E-state index contributed by atoms with van der Waals surface area (Å²) in [5.74, 6) is 0. The number of hydrogen-bond acceptors (Lipinski definition) is 2. The lowest BCUT2D eigenvalue weighted by molar-refractivity contribution is -0.141. The largest absolute Gasteiger partial charge is 0.433 e. The van der Waals surface area contributed by atoms with Crippen LogP contribution in [0.5, 0.6) is 0 Å². The fourth-order valence-electron chi connectivity index (χ4n) is 2.45. The van der Waals surface area contributed by atoms with E-state index in [4.69, 9.17) is 11.6 Å². The molecule has 3 aromatic rings. The number of benzene rings is 1. The second-order valence-electron chi connectivity index (χ2n) is 5.32. The van der Waals surface area contributed by atoms with Crippen LogP contribution >= 0.6 is 11.6 Å². The molecule has 0 atom stereocenters. The van der Waals surface area contributed by atoms with Crippen molar-refractivity contribution in [2.24, 2.45) is 0 Å². The Kier molecular flexibility index (Phi) is 4.28. The molecular weight excluding hydrogens is 337 g/mol. The average molecular weight is 349 g/mol. The molecule has 0 saturated carbocycles. The molecule has 3 rings (SSSR count). The van der Waals surface area contributed by atoms with Crippen molar-refractivity contribution in [1.82, 2.24) is 9.97 Å². The molecule has 1 aromatic carbocycles. The highest BCUT2D eigenvalue weighted by atomic mass is 35.5. The van der Waals surface area contributed by atoms with Crippen LogP contribution in [0.2, 0.25) is 5.15 Å². The first-order valence-electron chi connectivity index (χ1n) is 7.11. The Morgan fingerprint density at radius 3 is 2.21 bits per heavy atom. The van der Waals surface area contributed by atoms with Crippen LogP contribution in [0.1, 0.15) is 11.3 Å². The minimum absolute atomic E-state index is 0.362. The van der Waals surface area contributed by atoms with Gasteiger partial charge < -0.3 is 0 Å². The van der Waals surface area contributed by atoms with E-state index < -0.39 is 11.9 Å². The van der Waals surface area contributed by atoms with Gasteiger partial charge in [0.2, 0.25) is 0 Å². The Morgan fingerprint density at radius 2 is 1.50 bits per heavy atom. The van der Waals surface area contributed by atoms with Crippen LogP contribution in [0.3, 0.4) is 0 Å². The van der Waals surface area contributed by atoms with Crippen molar-refractivity contribution in [3.05, 3.63) is 71.3 Å². The van der Waals surface area contributed by atoms with Crippen molar-refractivity contribution in [1.29, 1.82) is 0 Å². The fraction of sp³-hybridized carbons (Fsp3) is 0.111. The van der Waals surface area contributed by atoms with Gasteiger partial charge in [0.25, 0.3) is 0 Å². The molecule has 0 saturated heterocycles. The molecule has 0 bridgehead atoms. The summed E-state index contributed by atoms with van der Waals surface area (Å²) in [6, 6.07) is 11.6. The molecule has 2 nitrogen and oxygen atoms in total. The normalized spacial score (nSPS) is 11.5. The van der Waals surface area contributed by atoms with Gasteiger partial charge in [0, 0.05) is 12.4 Å². The lowest BCUT2D eigenvalue weighted by Gasteiger charge is -2.11. The molecule has 0 N–H and O–H groups in total. The van der Waals surface area contributed by atoms with Gasteiger partial charge in [-0.05, 0) is 65.1 Å². The van der Waals surface area contributed by atoms with Crippen LogP contribution < -0.4 is 0 Å². The van der Waals surface area contributed by atoms with Crippen LogP contribution in [0.4, 0.5) is 13.2 Å². The van der Waals surface area contributed by atoms with Gasteiger partial charge in [-0.25, -0.2) is 4.98 Å². The topological polar surface area (TPSA) is 25.8 Å². The molecule has 0 aliphatic heterocycles. The minimum Gasteiger partial charge on any atom is -0.252 e. The molecule has 0 amide bonds. The first-order chi connectivity index (χ1) is 11.3. The molecule has 0 fully saturated rings. The van der Waals surface area contributed by atoms with E-state index in [0.717, 1.165) is 22.8 Å². The van der Waals surface area contributed by atoms with Gasteiger partial charge in [0.05, 0.1) is 0 Å². The van der Waals surface area contributed by atoms with Crippen LogP contribution in [0.15, 0.2) is 54.9 Å². The van der Waals surface area contributed by atoms with Crippen molar-refractivity contribution >= 4 is 11.6 Å². The van der Waals surface area contributed by atoms with Crippen molar-refractivity contribution in [2.45, 2.75) is 13.1 Å². The van der Waals surface area contributed by atoms with Gasteiger partial charge >= 0.3 is 6.18 Å². The Hall–Kier alpha value is -2.40. The molecule has 2 aromatic heterocycles. The summed E-state index contributed by atoms with van der Waals surface area (Å²) in [6.45, 7) is 1.93. The maximum atomic E-state index is 12.9. The smallest absolute Gasteiger partial charge is 0.252 e. The van der Waals surface area contributed by atoms with E-state index in [0.29, 0.717) is 16.3 Å². The Bertz CT molecular complexity index is 891. The van der Waals surface area contributed by atoms with E-state index in [1.54, 1.807) is 24.4 Å². The molecule has 0 unspecified atom stereocenters. The van der Waals surface area contributed by atoms with Gasteiger partial charge in [-0.1, -0.05) is 23.7 Å². The summed E-state index contributed by atoms with van der Waals surface area (Å²) in [5.41, 5.74) is 2.97. The second kappa shape index (κ2) is 6.24. The van der Waals surface area contributed by atoms with Crippen LogP contribution in [-0.4, -0.2) is 9.97 Å². The third kappa shape index (κ3) is 3.41. The number of aromatic nitrogens is 2. The van der Waals surface area contributed by atoms with E-state index in [2.05, 4.69) is 9.97 Å². The molecule has 122 valence electrons. The zero-order valence-corrected chi connectivity index (χ0v) is 13.4. The maximum absolute atomic E-state index is 12.9. The minimum atomic E-state index is -4.47. The number of aryl methyl sites for hydroxylation is 1. The van der Waals surface area contributed by atoms with Crippen LogP contribution in [0, 0.1) is 6.92 Å². The van der Waals surface area contributed by atoms with Gasteiger partial charge in [0.1, 0.15) is 10.8 Å². The molecule has 0 radical (unpaired) electrons. The first-order valence-corrected chi connectivity index (χ1v) is 7.48. The third-order valence-electron chi connectivity index (χ3n) is 3.66. The molecular formula is C18H12ClF3N2. The van der Waals surface area contributed by atoms with Gasteiger partial charge in [-0.15, -0.1) is 0 Å². The molecule has 24 heavy (non-hydrogen) atoms. The predicted molar refractivity (Wildman–Crippen MR) is 87.7 cm³/mol. The number of alkyl halides is 3. The number of halogens is 4.